The van der Waals surface area contributed by atoms with Crippen LogP contribution in [0.15, 0.2) is 54.9 Å². The summed E-state index contributed by atoms with van der Waals surface area (Å²) in [7, 11) is 1.77. The van der Waals surface area contributed by atoms with E-state index in [-0.39, 0.29) is 5.91 Å². The van der Waals surface area contributed by atoms with E-state index in [1.807, 2.05) is 50.2 Å². The van der Waals surface area contributed by atoms with E-state index in [4.69, 9.17) is 11.6 Å². The number of anilines is 2. The van der Waals surface area contributed by atoms with Gasteiger partial charge in [0.2, 0.25) is 5.95 Å². The Hall–Kier alpha value is -3.51. The van der Waals surface area contributed by atoms with E-state index in [9.17, 15) is 4.79 Å². The molecule has 0 saturated heterocycles. The molecule has 150 valence electrons. The molecule has 1 amide bonds. The van der Waals surface area contributed by atoms with E-state index in [0.29, 0.717) is 27.9 Å². The van der Waals surface area contributed by atoms with Gasteiger partial charge in [-0.25, -0.2) is 9.97 Å². The highest BCUT2D eigenvalue weighted by Gasteiger charge is 2.13. The molecule has 2 aromatic heterocycles. The van der Waals surface area contributed by atoms with Gasteiger partial charge in [0.1, 0.15) is 0 Å². The summed E-state index contributed by atoms with van der Waals surface area (Å²) in [6.07, 6.45) is 3.52. The van der Waals surface area contributed by atoms with Crippen molar-refractivity contribution in [2.24, 2.45) is 0 Å². The van der Waals surface area contributed by atoms with Crippen LogP contribution in [-0.2, 0) is 0 Å². The first-order chi connectivity index (χ1) is 14.5. The number of halogens is 1. The monoisotopic (exact) mass is 417 g/mol. The fourth-order valence-corrected chi connectivity index (χ4v) is 3.43. The normalized spacial score (nSPS) is 10.8. The van der Waals surface area contributed by atoms with Crippen molar-refractivity contribution in [2.45, 2.75) is 13.8 Å². The number of nitrogens with one attached hydrogen (secondary N) is 2. The van der Waals surface area contributed by atoms with Crippen LogP contribution in [0.1, 0.15) is 21.5 Å². The van der Waals surface area contributed by atoms with Crippen LogP contribution in [0.5, 0.6) is 0 Å². The SMILES string of the molecule is CNc1ncc2cc(-c3cc(NC(=O)c4cccc(C)c4Cl)ccc3C)cnc2n1. The number of fused-ring (bicyclic) bond motifs is 1. The second-order valence-electron chi connectivity index (χ2n) is 7.00. The third-order valence-corrected chi connectivity index (χ3v) is 5.40. The summed E-state index contributed by atoms with van der Waals surface area (Å²) in [4.78, 5) is 25.8. The van der Waals surface area contributed by atoms with Crippen LogP contribution in [0.25, 0.3) is 22.2 Å². The van der Waals surface area contributed by atoms with Gasteiger partial charge >= 0.3 is 0 Å². The van der Waals surface area contributed by atoms with E-state index in [1.165, 1.54) is 0 Å². The van der Waals surface area contributed by atoms with Crippen molar-refractivity contribution in [2.75, 3.05) is 17.7 Å². The van der Waals surface area contributed by atoms with Gasteiger partial charge in [0.05, 0.1) is 10.6 Å². The van der Waals surface area contributed by atoms with Crippen molar-refractivity contribution >= 4 is 40.2 Å². The Morgan fingerprint density at radius 1 is 1.00 bits per heavy atom. The van der Waals surface area contributed by atoms with Gasteiger partial charge in [0.15, 0.2) is 5.65 Å². The van der Waals surface area contributed by atoms with Crippen LogP contribution >= 0.6 is 11.6 Å². The van der Waals surface area contributed by atoms with E-state index >= 15 is 0 Å². The molecule has 6 nitrogen and oxygen atoms in total. The number of hydrogen-bond donors (Lipinski definition) is 2. The first-order valence-electron chi connectivity index (χ1n) is 9.44. The Balaban J connectivity index is 1.67. The zero-order valence-electron chi connectivity index (χ0n) is 16.8. The van der Waals surface area contributed by atoms with Gasteiger partial charge in [-0.15, -0.1) is 0 Å². The van der Waals surface area contributed by atoms with Crippen LogP contribution < -0.4 is 10.6 Å². The first-order valence-corrected chi connectivity index (χ1v) is 9.82. The van der Waals surface area contributed by atoms with Crippen molar-refractivity contribution in [3.63, 3.8) is 0 Å². The highest BCUT2D eigenvalue weighted by molar-refractivity contribution is 6.35. The largest absolute Gasteiger partial charge is 0.357 e. The molecule has 7 heteroatoms. The van der Waals surface area contributed by atoms with Crippen molar-refractivity contribution in [3.8, 4) is 11.1 Å². The van der Waals surface area contributed by atoms with Crippen molar-refractivity contribution in [3.05, 3.63) is 76.6 Å². The summed E-state index contributed by atoms with van der Waals surface area (Å²) in [5.74, 6) is 0.279. The minimum Gasteiger partial charge on any atom is -0.357 e. The Kier molecular flexibility index (Phi) is 5.33. The Bertz CT molecular complexity index is 1270. The second-order valence-corrected chi connectivity index (χ2v) is 7.38. The molecule has 0 bridgehead atoms. The van der Waals surface area contributed by atoms with Crippen molar-refractivity contribution in [1.82, 2.24) is 15.0 Å². The first kappa shape index (κ1) is 19.8. The third kappa shape index (κ3) is 3.82. The quantitative estimate of drug-likeness (QED) is 0.473. The third-order valence-electron chi connectivity index (χ3n) is 4.90. The molecule has 0 unspecified atom stereocenters. The second kappa shape index (κ2) is 8.08. The summed E-state index contributed by atoms with van der Waals surface area (Å²) >= 11 is 6.30. The zero-order chi connectivity index (χ0) is 21.3. The Morgan fingerprint density at radius 2 is 1.83 bits per heavy atom. The molecule has 0 atom stereocenters. The number of benzene rings is 2. The summed E-state index contributed by atoms with van der Waals surface area (Å²) < 4.78 is 0. The van der Waals surface area contributed by atoms with E-state index < -0.39 is 0 Å². The minimum atomic E-state index is -0.247. The van der Waals surface area contributed by atoms with Crippen LogP contribution in [0.4, 0.5) is 11.6 Å². The van der Waals surface area contributed by atoms with Gasteiger partial charge in [-0.3, -0.25) is 4.79 Å². The minimum absolute atomic E-state index is 0.247. The average molecular weight is 418 g/mol. The standard InChI is InChI=1S/C23H20ClN5O/c1-13-7-8-17(28-22(30)18-6-4-5-14(2)20(18)24)10-19(13)15-9-16-12-27-23(25-3)29-21(16)26-11-15/h4-12H,1-3H3,(H,28,30)(H,25,26,27,29). The molecule has 0 aliphatic rings. The molecular weight excluding hydrogens is 398 g/mol. The number of carbonyl (C=O) groups is 1. The molecule has 30 heavy (non-hydrogen) atoms. The highest BCUT2D eigenvalue weighted by Crippen LogP contribution is 2.29. The van der Waals surface area contributed by atoms with Gasteiger partial charge in [0, 0.05) is 36.1 Å². The number of hydrogen-bond acceptors (Lipinski definition) is 5. The Morgan fingerprint density at radius 3 is 2.63 bits per heavy atom. The maximum atomic E-state index is 12.7. The number of aryl methyl sites for hydroxylation is 2. The molecule has 0 fully saturated rings. The molecule has 4 aromatic rings. The van der Waals surface area contributed by atoms with Crippen LogP contribution in [0, 0.1) is 13.8 Å². The number of pyridine rings is 1. The predicted octanol–water partition coefficient (Wildman–Crippen LogP) is 5.26. The smallest absolute Gasteiger partial charge is 0.257 e. The number of rotatable bonds is 4. The number of carbonyl (C=O) groups excluding carboxylic acids is 1. The predicted molar refractivity (Wildman–Crippen MR) is 121 cm³/mol. The van der Waals surface area contributed by atoms with E-state index in [0.717, 1.165) is 27.6 Å². The molecule has 2 aromatic carbocycles. The molecule has 0 saturated carbocycles. The fraction of sp³-hybridized carbons (Fsp3) is 0.130. The lowest BCUT2D eigenvalue weighted by Crippen LogP contribution is -2.13. The maximum Gasteiger partial charge on any atom is 0.257 e. The number of nitrogens with zero attached hydrogens (tertiary/aromatic N) is 3. The fourth-order valence-electron chi connectivity index (χ4n) is 3.22. The highest BCUT2D eigenvalue weighted by atomic mass is 35.5. The molecule has 4 rings (SSSR count). The number of aromatic nitrogens is 3. The van der Waals surface area contributed by atoms with Gasteiger partial charge in [0.25, 0.3) is 5.91 Å². The van der Waals surface area contributed by atoms with Gasteiger partial charge < -0.3 is 10.6 Å². The van der Waals surface area contributed by atoms with Gasteiger partial charge in [-0.2, -0.15) is 4.98 Å². The summed E-state index contributed by atoms with van der Waals surface area (Å²) in [5.41, 5.74) is 5.56. The van der Waals surface area contributed by atoms with Crippen LogP contribution in [0.3, 0.4) is 0 Å². The maximum absolute atomic E-state index is 12.7. The van der Waals surface area contributed by atoms with Crippen LogP contribution in [0.2, 0.25) is 5.02 Å². The van der Waals surface area contributed by atoms with Crippen molar-refractivity contribution in [1.29, 1.82) is 0 Å². The van der Waals surface area contributed by atoms with Gasteiger partial charge in [-0.05, 0) is 54.8 Å². The summed E-state index contributed by atoms with van der Waals surface area (Å²) in [6, 6.07) is 13.2. The lowest BCUT2D eigenvalue weighted by atomic mass is 10.0. The average Bonchev–Trinajstić information content (AvgIpc) is 2.76. The summed E-state index contributed by atoms with van der Waals surface area (Å²) in [6.45, 7) is 3.89. The zero-order valence-corrected chi connectivity index (χ0v) is 17.6. The van der Waals surface area contributed by atoms with E-state index in [2.05, 4.69) is 25.6 Å². The molecular formula is C23H20ClN5O. The van der Waals surface area contributed by atoms with Gasteiger partial charge in [-0.1, -0.05) is 29.8 Å². The van der Waals surface area contributed by atoms with Crippen LogP contribution in [-0.4, -0.2) is 27.9 Å². The van der Waals surface area contributed by atoms with E-state index in [1.54, 1.807) is 25.5 Å². The molecule has 0 spiro atoms. The lowest BCUT2D eigenvalue weighted by molar-refractivity contribution is 0.102. The molecule has 0 radical (unpaired) electrons. The number of amides is 1. The molecule has 0 aliphatic heterocycles. The van der Waals surface area contributed by atoms with Crippen molar-refractivity contribution < 1.29 is 4.79 Å². The Labute approximate surface area is 179 Å². The molecule has 2 N–H and O–H groups in total. The molecule has 2 heterocycles. The molecule has 0 aliphatic carbocycles. The lowest BCUT2D eigenvalue weighted by Gasteiger charge is -2.12. The topological polar surface area (TPSA) is 79.8 Å². The summed E-state index contributed by atoms with van der Waals surface area (Å²) in [5, 5.41) is 7.15.